The molecule has 0 saturated carbocycles. The van der Waals surface area contributed by atoms with Gasteiger partial charge in [0, 0.05) is 13.1 Å². The maximum absolute atomic E-state index is 6.00. The van der Waals surface area contributed by atoms with Gasteiger partial charge in [-0.25, -0.2) is 0 Å². The lowest BCUT2D eigenvalue weighted by Crippen LogP contribution is -2.51. The number of hydrogen-bond acceptors (Lipinski definition) is 6. The van der Waals surface area contributed by atoms with Gasteiger partial charge in [0.2, 0.25) is 5.95 Å². The molecule has 7 heteroatoms. The number of nitrogens with zero attached hydrogens (tertiary/aromatic N) is 4. The molecule has 1 fully saturated rings. The molecule has 3 rings (SSSR count). The van der Waals surface area contributed by atoms with Crippen LogP contribution in [-0.2, 0) is 4.74 Å². The molecule has 2 aromatic rings. The lowest BCUT2D eigenvalue weighted by Gasteiger charge is -2.42. The van der Waals surface area contributed by atoms with E-state index in [9.17, 15) is 0 Å². The molecular formula is C13H20N6O. The van der Waals surface area contributed by atoms with Crippen molar-refractivity contribution in [3.63, 3.8) is 0 Å². The van der Waals surface area contributed by atoms with E-state index in [-0.39, 0.29) is 11.5 Å². The Balaban J connectivity index is 2.00. The Bertz CT molecular complexity index is 606. The van der Waals surface area contributed by atoms with Crippen LogP contribution in [-0.4, -0.2) is 45.5 Å². The minimum atomic E-state index is -0.103. The van der Waals surface area contributed by atoms with Crippen LogP contribution in [0, 0.1) is 0 Å². The van der Waals surface area contributed by atoms with Crippen LogP contribution in [0.3, 0.4) is 0 Å². The zero-order valence-electron chi connectivity index (χ0n) is 11.9. The van der Waals surface area contributed by atoms with E-state index in [1.807, 2.05) is 0 Å². The molecule has 0 aromatic carbocycles. The summed E-state index contributed by atoms with van der Waals surface area (Å²) in [5, 5.41) is 7.79. The summed E-state index contributed by atoms with van der Waals surface area (Å²) in [6.07, 6.45) is 3.71. The fourth-order valence-corrected chi connectivity index (χ4v) is 2.78. The van der Waals surface area contributed by atoms with Crippen molar-refractivity contribution < 1.29 is 4.74 Å². The second-order valence-corrected chi connectivity index (χ2v) is 5.20. The Morgan fingerprint density at radius 3 is 2.95 bits per heavy atom. The normalized spacial score (nSPS) is 18.6. The van der Waals surface area contributed by atoms with Gasteiger partial charge in [0.05, 0.1) is 23.8 Å². The third kappa shape index (κ3) is 2.07. The SMILES string of the molecule is CCC1(CC)CN(c2nc(N)nc3[nH]ncc23)CCO1. The molecule has 0 atom stereocenters. The van der Waals surface area contributed by atoms with Crippen LogP contribution in [0.15, 0.2) is 6.20 Å². The molecule has 0 radical (unpaired) electrons. The van der Waals surface area contributed by atoms with Gasteiger partial charge in [-0.15, -0.1) is 0 Å². The van der Waals surface area contributed by atoms with Crippen molar-refractivity contribution in [1.82, 2.24) is 20.2 Å². The molecule has 3 heterocycles. The Morgan fingerprint density at radius 1 is 1.40 bits per heavy atom. The maximum atomic E-state index is 6.00. The van der Waals surface area contributed by atoms with Gasteiger partial charge in [0.15, 0.2) is 5.65 Å². The van der Waals surface area contributed by atoms with Crippen LogP contribution in [0.2, 0.25) is 0 Å². The van der Waals surface area contributed by atoms with Gasteiger partial charge in [0.25, 0.3) is 0 Å². The second kappa shape index (κ2) is 4.90. The van der Waals surface area contributed by atoms with Crippen LogP contribution in [0.4, 0.5) is 11.8 Å². The zero-order valence-corrected chi connectivity index (χ0v) is 11.9. The fourth-order valence-electron chi connectivity index (χ4n) is 2.78. The highest BCUT2D eigenvalue weighted by Crippen LogP contribution is 2.31. The average molecular weight is 276 g/mol. The van der Waals surface area contributed by atoms with E-state index in [4.69, 9.17) is 10.5 Å². The molecule has 0 aliphatic carbocycles. The third-order valence-electron chi connectivity index (χ3n) is 4.14. The first kappa shape index (κ1) is 13.1. The number of nitrogen functional groups attached to an aromatic ring is 1. The van der Waals surface area contributed by atoms with Crippen LogP contribution in [0.1, 0.15) is 26.7 Å². The Hall–Kier alpha value is -1.89. The first-order chi connectivity index (χ1) is 9.67. The van der Waals surface area contributed by atoms with E-state index < -0.39 is 0 Å². The minimum absolute atomic E-state index is 0.103. The summed E-state index contributed by atoms with van der Waals surface area (Å²) < 4.78 is 6.00. The van der Waals surface area contributed by atoms with Crippen LogP contribution >= 0.6 is 0 Å². The number of H-pyrrole nitrogens is 1. The number of morpholine rings is 1. The monoisotopic (exact) mass is 276 g/mol. The Kier molecular flexibility index (Phi) is 3.21. The number of rotatable bonds is 3. The molecule has 0 bridgehead atoms. The van der Waals surface area contributed by atoms with Crippen molar-refractivity contribution in [2.45, 2.75) is 32.3 Å². The highest BCUT2D eigenvalue weighted by Gasteiger charge is 2.34. The second-order valence-electron chi connectivity index (χ2n) is 5.20. The van der Waals surface area contributed by atoms with Gasteiger partial charge >= 0.3 is 0 Å². The van der Waals surface area contributed by atoms with Crippen molar-refractivity contribution in [2.75, 3.05) is 30.3 Å². The summed E-state index contributed by atoms with van der Waals surface area (Å²) in [5.41, 5.74) is 6.37. The average Bonchev–Trinajstić information content (AvgIpc) is 2.94. The predicted octanol–water partition coefficient (Wildman–Crippen LogP) is 1.33. The van der Waals surface area contributed by atoms with Crippen LogP contribution in [0.25, 0.3) is 11.0 Å². The predicted molar refractivity (Wildman–Crippen MR) is 77.6 cm³/mol. The van der Waals surface area contributed by atoms with Crippen molar-refractivity contribution in [2.24, 2.45) is 0 Å². The van der Waals surface area contributed by atoms with E-state index in [1.54, 1.807) is 6.20 Å². The summed E-state index contributed by atoms with van der Waals surface area (Å²) in [5.74, 6) is 1.11. The topological polar surface area (TPSA) is 93.0 Å². The van der Waals surface area contributed by atoms with Gasteiger partial charge in [0.1, 0.15) is 5.82 Å². The number of ether oxygens (including phenoxy) is 1. The molecule has 108 valence electrons. The van der Waals surface area contributed by atoms with E-state index in [0.29, 0.717) is 12.3 Å². The first-order valence-electron chi connectivity index (χ1n) is 7.03. The van der Waals surface area contributed by atoms with Gasteiger partial charge in [-0.2, -0.15) is 15.1 Å². The molecule has 0 unspecified atom stereocenters. The third-order valence-corrected chi connectivity index (χ3v) is 4.14. The highest BCUT2D eigenvalue weighted by atomic mass is 16.5. The van der Waals surface area contributed by atoms with Crippen molar-refractivity contribution >= 4 is 22.8 Å². The minimum Gasteiger partial charge on any atom is -0.371 e. The maximum Gasteiger partial charge on any atom is 0.224 e. The summed E-state index contributed by atoms with van der Waals surface area (Å²) >= 11 is 0. The number of nitrogens with one attached hydrogen (secondary N) is 1. The summed E-state index contributed by atoms with van der Waals surface area (Å²) in [4.78, 5) is 10.8. The molecule has 1 saturated heterocycles. The van der Waals surface area contributed by atoms with Crippen molar-refractivity contribution in [3.8, 4) is 0 Å². The fraction of sp³-hybridized carbons (Fsp3) is 0.615. The van der Waals surface area contributed by atoms with E-state index in [1.165, 1.54) is 0 Å². The number of fused-ring (bicyclic) bond motifs is 1. The van der Waals surface area contributed by atoms with Crippen LogP contribution in [0.5, 0.6) is 0 Å². The lowest BCUT2D eigenvalue weighted by molar-refractivity contribution is -0.0606. The molecular weight excluding hydrogens is 256 g/mol. The molecule has 20 heavy (non-hydrogen) atoms. The van der Waals surface area contributed by atoms with E-state index in [0.717, 1.165) is 37.1 Å². The van der Waals surface area contributed by atoms with Gasteiger partial charge in [-0.05, 0) is 12.8 Å². The molecule has 0 spiro atoms. The van der Waals surface area contributed by atoms with Crippen molar-refractivity contribution in [1.29, 1.82) is 0 Å². The lowest BCUT2D eigenvalue weighted by atomic mass is 9.95. The van der Waals surface area contributed by atoms with Crippen LogP contribution < -0.4 is 10.6 Å². The quantitative estimate of drug-likeness (QED) is 0.878. The van der Waals surface area contributed by atoms with E-state index in [2.05, 4.69) is 38.9 Å². The number of aromatic nitrogens is 4. The molecule has 1 aliphatic rings. The van der Waals surface area contributed by atoms with Gasteiger partial charge in [-0.3, -0.25) is 5.10 Å². The molecule has 1 aliphatic heterocycles. The summed E-state index contributed by atoms with van der Waals surface area (Å²) in [6.45, 7) is 6.64. The molecule has 2 aromatic heterocycles. The van der Waals surface area contributed by atoms with E-state index >= 15 is 0 Å². The van der Waals surface area contributed by atoms with Gasteiger partial charge < -0.3 is 15.4 Å². The summed E-state index contributed by atoms with van der Waals surface area (Å²) in [7, 11) is 0. The smallest absolute Gasteiger partial charge is 0.224 e. The highest BCUT2D eigenvalue weighted by molar-refractivity contribution is 5.87. The molecule has 3 N–H and O–H groups in total. The van der Waals surface area contributed by atoms with Gasteiger partial charge in [-0.1, -0.05) is 13.8 Å². The molecule has 7 nitrogen and oxygen atoms in total. The molecule has 0 amide bonds. The summed E-state index contributed by atoms with van der Waals surface area (Å²) in [6, 6.07) is 0. The number of nitrogens with two attached hydrogens (primary N) is 1. The largest absolute Gasteiger partial charge is 0.371 e. The number of anilines is 2. The van der Waals surface area contributed by atoms with Crippen molar-refractivity contribution in [3.05, 3.63) is 6.20 Å². The standard InChI is InChI=1S/C13H20N6O/c1-3-13(4-2)8-19(5-6-20-13)11-9-7-15-18-10(9)16-12(14)17-11/h7H,3-6,8H2,1-2H3,(H3,14,15,16,17,18). The zero-order chi connectivity index (χ0) is 14.2. The Morgan fingerprint density at radius 2 is 2.20 bits per heavy atom. The first-order valence-corrected chi connectivity index (χ1v) is 7.03. The number of aromatic amines is 1. The Labute approximate surface area is 117 Å². The number of hydrogen-bond donors (Lipinski definition) is 2.